The first kappa shape index (κ1) is 25.1. The fraction of sp³-hybridized carbons (Fsp3) is 0.286. The fourth-order valence-corrected chi connectivity index (χ4v) is 4.36. The van der Waals surface area contributed by atoms with Crippen LogP contribution in [0.5, 0.6) is 0 Å². The number of carbonyl (C=O) groups excluding carboxylic acids is 2. The number of benzene rings is 3. The Balaban J connectivity index is 1.32. The minimum atomic E-state index is -0.251. The Morgan fingerprint density at radius 2 is 1.37 bits per heavy atom. The summed E-state index contributed by atoms with van der Waals surface area (Å²) in [5.74, 6) is -0.176. The molecule has 35 heavy (non-hydrogen) atoms. The zero-order chi connectivity index (χ0) is 25.2. The van der Waals surface area contributed by atoms with Crippen LogP contribution in [0, 0.1) is 0 Å². The number of piperazine rings is 1. The molecule has 0 atom stereocenters. The van der Waals surface area contributed by atoms with E-state index in [0.29, 0.717) is 34.4 Å². The lowest BCUT2D eigenvalue weighted by Gasteiger charge is -2.36. The Kier molecular flexibility index (Phi) is 7.39. The Hall–Kier alpha value is -3.02. The van der Waals surface area contributed by atoms with Gasteiger partial charge in [-0.05, 0) is 65.6 Å². The number of halogens is 2. The van der Waals surface area contributed by atoms with Gasteiger partial charge >= 0.3 is 0 Å². The van der Waals surface area contributed by atoms with Gasteiger partial charge in [0.05, 0.1) is 10.0 Å². The number of amides is 2. The number of rotatable bonds is 4. The number of hydrogen-bond acceptors (Lipinski definition) is 3. The molecule has 1 aliphatic rings. The lowest BCUT2D eigenvalue weighted by atomic mass is 9.86. The summed E-state index contributed by atoms with van der Waals surface area (Å²) >= 11 is 11.9. The molecule has 182 valence electrons. The summed E-state index contributed by atoms with van der Waals surface area (Å²) in [5, 5.41) is 3.63. The number of nitrogens with one attached hydrogen (secondary N) is 1. The second kappa shape index (κ2) is 10.3. The highest BCUT2D eigenvalue weighted by Gasteiger charge is 2.23. The predicted molar refractivity (Wildman–Crippen MR) is 144 cm³/mol. The van der Waals surface area contributed by atoms with Gasteiger partial charge in [-0.25, -0.2) is 0 Å². The second-order valence-electron chi connectivity index (χ2n) is 9.74. The van der Waals surface area contributed by atoms with E-state index in [-0.39, 0.29) is 17.2 Å². The van der Waals surface area contributed by atoms with Crippen molar-refractivity contribution in [2.75, 3.05) is 36.4 Å². The minimum absolute atomic E-state index is 0.0646. The zero-order valence-electron chi connectivity index (χ0n) is 20.1. The molecule has 7 heteroatoms. The van der Waals surface area contributed by atoms with Crippen LogP contribution in [0.25, 0.3) is 0 Å². The highest BCUT2D eigenvalue weighted by atomic mass is 35.5. The first-order valence-corrected chi connectivity index (χ1v) is 12.4. The molecule has 1 saturated heterocycles. The van der Waals surface area contributed by atoms with Gasteiger partial charge in [0.25, 0.3) is 11.8 Å². The molecule has 5 nitrogen and oxygen atoms in total. The Bertz CT molecular complexity index is 1210. The van der Waals surface area contributed by atoms with Gasteiger partial charge in [0.15, 0.2) is 0 Å². The van der Waals surface area contributed by atoms with Crippen molar-refractivity contribution in [3.8, 4) is 0 Å². The van der Waals surface area contributed by atoms with Crippen LogP contribution in [0.3, 0.4) is 0 Å². The minimum Gasteiger partial charge on any atom is -0.368 e. The van der Waals surface area contributed by atoms with Crippen molar-refractivity contribution in [2.45, 2.75) is 26.2 Å². The largest absolute Gasteiger partial charge is 0.368 e. The Labute approximate surface area is 216 Å². The molecule has 3 aromatic rings. The Morgan fingerprint density at radius 1 is 0.771 bits per heavy atom. The molecule has 0 aromatic heterocycles. The van der Waals surface area contributed by atoms with E-state index < -0.39 is 0 Å². The zero-order valence-corrected chi connectivity index (χ0v) is 21.7. The highest BCUT2D eigenvalue weighted by Crippen LogP contribution is 2.25. The molecule has 3 aromatic carbocycles. The molecule has 0 bridgehead atoms. The highest BCUT2D eigenvalue weighted by molar-refractivity contribution is 6.42. The molecular formula is C28H29Cl2N3O2. The molecule has 4 rings (SSSR count). The average molecular weight is 510 g/mol. The van der Waals surface area contributed by atoms with Gasteiger partial charge in [0, 0.05) is 48.7 Å². The van der Waals surface area contributed by atoms with Gasteiger partial charge in [-0.3, -0.25) is 9.59 Å². The molecule has 0 spiro atoms. The standard InChI is InChI=1S/C28H29Cl2N3O2/c1-28(2,3)21-7-4-19(5-8-21)27(35)33-16-14-32(15-17-33)23-11-9-22(10-12-23)31-26(34)20-6-13-24(29)25(30)18-20/h4-13,18H,14-17H2,1-3H3,(H,31,34). The quantitative estimate of drug-likeness (QED) is 0.436. The third-order valence-electron chi connectivity index (χ3n) is 6.24. The molecule has 0 radical (unpaired) electrons. The van der Waals surface area contributed by atoms with Crippen LogP contribution in [-0.2, 0) is 5.41 Å². The summed E-state index contributed by atoms with van der Waals surface area (Å²) in [6, 6.07) is 20.5. The van der Waals surface area contributed by atoms with Crippen molar-refractivity contribution >= 4 is 46.4 Å². The van der Waals surface area contributed by atoms with Gasteiger partial charge in [-0.15, -0.1) is 0 Å². The van der Waals surface area contributed by atoms with Gasteiger partial charge in [-0.1, -0.05) is 56.1 Å². The van der Waals surface area contributed by atoms with Crippen LogP contribution >= 0.6 is 23.2 Å². The van der Waals surface area contributed by atoms with Gasteiger partial charge in [0.2, 0.25) is 0 Å². The van der Waals surface area contributed by atoms with E-state index in [1.807, 2.05) is 53.4 Å². The smallest absolute Gasteiger partial charge is 0.255 e. The van der Waals surface area contributed by atoms with Crippen molar-refractivity contribution < 1.29 is 9.59 Å². The summed E-state index contributed by atoms with van der Waals surface area (Å²) in [6.45, 7) is 9.32. The van der Waals surface area contributed by atoms with Crippen molar-refractivity contribution in [3.05, 3.63) is 93.5 Å². The van der Waals surface area contributed by atoms with Gasteiger partial charge in [0.1, 0.15) is 0 Å². The van der Waals surface area contributed by atoms with E-state index in [4.69, 9.17) is 23.2 Å². The van der Waals surface area contributed by atoms with Crippen LogP contribution in [-0.4, -0.2) is 42.9 Å². The first-order valence-electron chi connectivity index (χ1n) is 11.6. The molecule has 2 amide bonds. The lowest BCUT2D eigenvalue weighted by molar-refractivity contribution is 0.0746. The van der Waals surface area contributed by atoms with Gasteiger partial charge < -0.3 is 15.1 Å². The molecule has 1 aliphatic heterocycles. The molecule has 0 saturated carbocycles. The van der Waals surface area contributed by atoms with Crippen molar-refractivity contribution in [1.82, 2.24) is 4.90 Å². The van der Waals surface area contributed by atoms with E-state index in [2.05, 4.69) is 31.0 Å². The topological polar surface area (TPSA) is 52.7 Å². The fourth-order valence-electron chi connectivity index (χ4n) is 4.06. The predicted octanol–water partition coefficient (Wildman–Crippen LogP) is 6.51. The SMILES string of the molecule is CC(C)(C)c1ccc(C(=O)N2CCN(c3ccc(NC(=O)c4ccc(Cl)c(Cl)c4)cc3)CC2)cc1. The summed E-state index contributed by atoms with van der Waals surface area (Å²) in [7, 11) is 0. The third-order valence-corrected chi connectivity index (χ3v) is 6.98. The average Bonchev–Trinajstić information content (AvgIpc) is 2.85. The van der Waals surface area contributed by atoms with E-state index in [1.165, 1.54) is 5.56 Å². The summed E-state index contributed by atoms with van der Waals surface area (Å²) in [4.78, 5) is 29.6. The molecular weight excluding hydrogens is 481 g/mol. The second-order valence-corrected chi connectivity index (χ2v) is 10.6. The molecule has 1 N–H and O–H groups in total. The van der Waals surface area contributed by atoms with Crippen LogP contribution in [0.2, 0.25) is 10.0 Å². The monoisotopic (exact) mass is 509 g/mol. The summed E-state index contributed by atoms with van der Waals surface area (Å²) in [6.07, 6.45) is 0. The van der Waals surface area contributed by atoms with E-state index in [0.717, 1.165) is 24.3 Å². The number of anilines is 2. The lowest BCUT2D eigenvalue weighted by Crippen LogP contribution is -2.48. The Morgan fingerprint density at radius 3 is 1.94 bits per heavy atom. The van der Waals surface area contributed by atoms with Crippen LogP contribution in [0.15, 0.2) is 66.7 Å². The van der Waals surface area contributed by atoms with Crippen molar-refractivity contribution in [1.29, 1.82) is 0 Å². The van der Waals surface area contributed by atoms with Crippen LogP contribution in [0.1, 0.15) is 47.1 Å². The third kappa shape index (κ3) is 5.98. The van der Waals surface area contributed by atoms with Crippen molar-refractivity contribution in [3.63, 3.8) is 0 Å². The van der Waals surface area contributed by atoms with E-state index in [9.17, 15) is 9.59 Å². The maximum absolute atomic E-state index is 13.0. The normalized spacial score (nSPS) is 14.1. The number of hydrogen-bond donors (Lipinski definition) is 1. The van der Waals surface area contributed by atoms with Crippen molar-refractivity contribution in [2.24, 2.45) is 0 Å². The number of nitrogens with zero attached hydrogens (tertiary/aromatic N) is 2. The van der Waals surface area contributed by atoms with Gasteiger partial charge in [-0.2, -0.15) is 0 Å². The van der Waals surface area contributed by atoms with Crippen LogP contribution < -0.4 is 10.2 Å². The molecule has 1 heterocycles. The number of carbonyl (C=O) groups is 2. The van der Waals surface area contributed by atoms with Crippen LogP contribution in [0.4, 0.5) is 11.4 Å². The molecule has 0 aliphatic carbocycles. The molecule has 1 fully saturated rings. The first-order chi connectivity index (χ1) is 16.6. The maximum atomic E-state index is 13.0. The van der Waals surface area contributed by atoms with E-state index in [1.54, 1.807) is 18.2 Å². The van der Waals surface area contributed by atoms with E-state index >= 15 is 0 Å². The molecule has 0 unspecified atom stereocenters. The maximum Gasteiger partial charge on any atom is 0.255 e. The summed E-state index contributed by atoms with van der Waals surface area (Å²) < 4.78 is 0. The summed E-state index contributed by atoms with van der Waals surface area (Å²) in [5.41, 5.74) is 4.20.